The van der Waals surface area contributed by atoms with Crippen LogP contribution in [0, 0.1) is 5.82 Å². The Bertz CT molecular complexity index is 599. The maximum atomic E-state index is 13.5. The third kappa shape index (κ3) is 3.01. The van der Waals surface area contributed by atoms with Gasteiger partial charge in [0.25, 0.3) is 0 Å². The zero-order chi connectivity index (χ0) is 14.0. The second kappa shape index (κ2) is 5.52. The topological polar surface area (TPSA) is 88.2 Å². The number of para-hydroxylation sites is 1. The van der Waals surface area contributed by atoms with E-state index in [0.29, 0.717) is 5.13 Å². The van der Waals surface area contributed by atoms with Crippen LogP contribution in [0.4, 0.5) is 15.2 Å². The molecule has 8 heteroatoms. The van der Waals surface area contributed by atoms with Gasteiger partial charge in [-0.05, 0) is 12.1 Å². The highest BCUT2D eigenvalue weighted by atomic mass is 35.5. The molecule has 100 valence electrons. The molecule has 0 aliphatic rings. The number of hydrogen-bond acceptors (Lipinski definition) is 5. The van der Waals surface area contributed by atoms with Crippen LogP contribution in [0.2, 0.25) is 5.02 Å². The number of aromatic nitrogens is 1. The highest BCUT2D eigenvalue weighted by Gasteiger charge is 2.18. The van der Waals surface area contributed by atoms with Crippen LogP contribution < -0.4 is 11.1 Å². The van der Waals surface area contributed by atoms with E-state index in [1.807, 2.05) is 0 Å². The average Bonchev–Trinajstić information content (AvgIpc) is 2.81. The number of nitrogens with one attached hydrogen (secondary N) is 1. The molecule has 0 radical (unpaired) electrons. The van der Waals surface area contributed by atoms with Gasteiger partial charge in [-0.2, -0.15) is 0 Å². The molecule has 2 aromatic rings. The Balaban J connectivity index is 2.23. The van der Waals surface area contributed by atoms with E-state index in [4.69, 9.17) is 22.4 Å². The predicted molar refractivity (Wildman–Crippen MR) is 71.4 cm³/mol. The van der Waals surface area contributed by atoms with Gasteiger partial charge in [0, 0.05) is 5.38 Å². The summed E-state index contributed by atoms with van der Waals surface area (Å²) in [6, 6.07) is 3.06. The fraction of sp³-hybridized carbons (Fsp3) is 0.0909. The van der Waals surface area contributed by atoms with Gasteiger partial charge in [0.15, 0.2) is 5.13 Å². The van der Waals surface area contributed by atoms with Gasteiger partial charge in [-0.25, -0.2) is 9.37 Å². The monoisotopic (exact) mass is 301 g/mol. The number of anilines is 2. The zero-order valence-electron chi connectivity index (χ0n) is 9.43. The SMILES string of the molecule is NC(C(=O)O)c1csc(Nc2c(F)cccc2Cl)n1. The standard InChI is InChI=1S/C11H9ClFN3O2S/c12-5-2-1-3-6(13)9(5)16-11-15-7(4-19-11)8(14)10(17)18/h1-4,8H,14H2,(H,15,16)(H,17,18). The van der Waals surface area contributed by atoms with E-state index in [1.165, 1.54) is 23.6 Å². The van der Waals surface area contributed by atoms with Crippen LogP contribution in [-0.4, -0.2) is 16.1 Å². The lowest BCUT2D eigenvalue weighted by molar-refractivity contribution is -0.138. The van der Waals surface area contributed by atoms with Gasteiger partial charge in [0.05, 0.1) is 16.4 Å². The summed E-state index contributed by atoms with van der Waals surface area (Å²) in [5.74, 6) is -1.70. The molecule has 2 rings (SSSR count). The van der Waals surface area contributed by atoms with Gasteiger partial charge in [0.2, 0.25) is 0 Å². The first kappa shape index (κ1) is 13.7. The minimum absolute atomic E-state index is 0.0916. The number of hydrogen-bond donors (Lipinski definition) is 3. The summed E-state index contributed by atoms with van der Waals surface area (Å²) in [5, 5.41) is 13.5. The Morgan fingerprint density at radius 1 is 1.58 bits per heavy atom. The summed E-state index contributed by atoms with van der Waals surface area (Å²) < 4.78 is 13.5. The molecular weight excluding hydrogens is 293 g/mol. The first-order chi connectivity index (χ1) is 8.99. The summed E-state index contributed by atoms with van der Waals surface area (Å²) in [7, 11) is 0. The quantitative estimate of drug-likeness (QED) is 0.808. The molecule has 1 aromatic heterocycles. The van der Waals surface area contributed by atoms with Crippen LogP contribution in [0.1, 0.15) is 11.7 Å². The van der Waals surface area contributed by atoms with Crippen LogP contribution >= 0.6 is 22.9 Å². The van der Waals surface area contributed by atoms with Crippen molar-refractivity contribution < 1.29 is 14.3 Å². The number of carbonyl (C=O) groups is 1. The van der Waals surface area contributed by atoms with Crippen LogP contribution in [0.3, 0.4) is 0 Å². The molecule has 1 aromatic carbocycles. The molecule has 0 bridgehead atoms. The van der Waals surface area contributed by atoms with Crippen LogP contribution in [-0.2, 0) is 4.79 Å². The lowest BCUT2D eigenvalue weighted by atomic mass is 10.2. The fourth-order valence-corrected chi connectivity index (χ4v) is 2.30. The van der Waals surface area contributed by atoms with Crippen molar-refractivity contribution in [2.45, 2.75) is 6.04 Å². The van der Waals surface area contributed by atoms with Gasteiger partial charge in [-0.3, -0.25) is 4.79 Å². The maximum absolute atomic E-state index is 13.5. The Labute approximate surface area is 116 Å². The van der Waals surface area contributed by atoms with E-state index in [-0.39, 0.29) is 16.4 Å². The molecule has 1 atom stereocenters. The number of carboxylic acids is 1. The molecule has 0 spiro atoms. The van der Waals surface area contributed by atoms with E-state index in [1.54, 1.807) is 0 Å². The van der Waals surface area contributed by atoms with Crippen molar-refractivity contribution in [2.24, 2.45) is 5.73 Å². The number of benzene rings is 1. The van der Waals surface area contributed by atoms with E-state index >= 15 is 0 Å². The van der Waals surface area contributed by atoms with Crippen molar-refractivity contribution in [3.63, 3.8) is 0 Å². The predicted octanol–water partition coefficient (Wildman–Crippen LogP) is 2.76. The second-order valence-electron chi connectivity index (χ2n) is 3.62. The van der Waals surface area contributed by atoms with Crippen molar-refractivity contribution in [2.75, 3.05) is 5.32 Å². The van der Waals surface area contributed by atoms with Gasteiger partial charge >= 0.3 is 5.97 Å². The normalized spacial score (nSPS) is 12.2. The van der Waals surface area contributed by atoms with Gasteiger partial charge in [0.1, 0.15) is 11.9 Å². The first-order valence-electron chi connectivity index (χ1n) is 5.14. The zero-order valence-corrected chi connectivity index (χ0v) is 11.0. The third-order valence-corrected chi connectivity index (χ3v) is 3.39. The number of carboxylic acid groups (broad SMARTS) is 1. The van der Waals surface area contributed by atoms with Gasteiger partial charge < -0.3 is 16.2 Å². The number of rotatable bonds is 4. The van der Waals surface area contributed by atoms with Crippen molar-refractivity contribution in [3.8, 4) is 0 Å². The summed E-state index contributed by atoms with van der Waals surface area (Å²) in [6.07, 6.45) is 0. The highest BCUT2D eigenvalue weighted by Crippen LogP contribution is 2.30. The maximum Gasteiger partial charge on any atom is 0.326 e. The van der Waals surface area contributed by atoms with Crippen molar-refractivity contribution in [3.05, 3.63) is 40.1 Å². The van der Waals surface area contributed by atoms with Crippen LogP contribution in [0.5, 0.6) is 0 Å². The molecule has 0 amide bonds. The van der Waals surface area contributed by atoms with Crippen LogP contribution in [0.15, 0.2) is 23.6 Å². The molecule has 1 heterocycles. The Hall–Kier alpha value is -1.70. The summed E-state index contributed by atoms with van der Waals surface area (Å²) in [6.45, 7) is 0. The summed E-state index contributed by atoms with van der Waals surface area (Å²) in [4.78, 5) is 14.7. The molecule has 5 nitrogen and oxygen atoms in total. The fourth-order valence-electron chi connectivity index (χ4n) is 1.34. The Morgan fingerprint density at radius 2 is 2.32 bits per heavy atom. The number of nitrogens with two attached hydrogens (primary N) is 1. The molecule has 4 N–H and O–H groups in total. The lowest BCUT2D eigenvalue weighted by Gasteiger charge is -2.06. The van der Waals surface area contributed by atoms with E-state index < -0.39 is 17.8 Å². The van der Waals surface area contributed by atoms with Gasteiger partial charge in [-0.15, -0.1) is 11.3 Å². The largest absolute Gasteiger partial charge is 0.480 e. The average molecular weight is 302 g/mol. The lowest BCUT2D eigenvalue weighted by Crippen LogP contribution is -2.20. The van der Waals surface area contributed by atoms with Crippen molar-refractivity contribution >= 4 is 39.7 Å². The Morgan fingerprint density at radius 3 is 2.95 bits per heavy atom. The van der Waals surface area contributed by atoms with Crippen LogP contribution in [0.25, 0.3) is 0 Å². The van der Waals surface area contributed by atoms with Crippen molar-refractivity contribution in [1.82, 2.24) is 4.98 Å². The highest BCUT2D eigenvalue weighted by molar-refractivity contribution is 7.13. The summed E-state index contributed by atoms with van der Waals surface area (Å²) in [5.41, 5.74) is 5.71. The number of halogens is 2. The van der Waals surface area contributed by atoms with Crippen molar-refractivity contribution in [1.29, 1.82) is 0 Å². The van der Waals surface area contributed by atoms with Gasteiger partial charge in [-0.1, -0.05) is 17.7 Å². The second-order valence-corrected chi connectivity index (χ2v) is 4.88. The van der Waals surface area contributed by atoms with E-state index in [9.17, 15) is 9.18 Å². The number of thiazole rings is 1. The molecule has 0 aliphatic heterocycles. The molecule has 0 fully saturated rings. The minimum atomic E-state index is -1.21. The Kier molecular flexibility index (Phi) is 3.98. The number of aliphatic carboxylic acids is 1. The molecule has 0 saturated carbocycles. The summed E-state index contributed by atoms with van der Waals surface area (Å²) >= 11 is 6.97. The molecule has 1 unspecified atom stereocenters. The smallest absolute Gasteiger partial charge is 0.326 e. The minimum Gasteiger partial charge on any atom is -0.480 e. The molecule has 19 heavy (non-hydrogen) atoms. The molecule has 0 aliphatic carbocycles. The third-order valence-electron chi connectivity index (χ3n) is 2.30. The first-order valence-corrected chi connectivity index (χ1v) is 6.39. The molecular formula is C11H9ClFN3O2S. The number of nitrogens with zero attached hydrogens (tertiary/aromatic N) is 1. The van der Waals surface area contributed by atoms with E-state index in [2.05, 4.69) is 10.3 Å². The molecule has 0 saturated heterocycles. The van der Waals surface area contributed by atoms with E-state index in [0.717, 1.165) is 11.3 Å².